The molecule has 0 N–H and O–H groups in total. The number of nitrogens with zero attached hydrogens (tertiary/aromatic N) is 2. The summed E-state index contributed by atoms with van der Waals surface area (Å²) in [4.78, 5) is 2.67. The van der Waals surface area contributed by atoms with Gasteiger partial charge in [0.2, 0.25) is 0 Å². The molecule has 2 aromatic heterocycles. The number of hydrogen-bond donors (Lipinski definition) is 0. The van der Waals surface area contributed by atoms with E-state index in [1.807, 2.05) is 6.07 Å². The summed E-state index contributed by atoms with van der Waals surface area (Å²) in [5.41, 5.74) is 14.3. The highest BCUT2D eigenvalue weighted by atomic mass is 16.3. The number of hydrogen-bond acceptors (Lipinski definition) is 2. The van der Waals surface area contributed by atoms with Gasteiger partial charge in [0.25, 0.3) is 0 Å². The van der Waals surface area contributed by atoms with Gasteiger partial charge in [-0.3, -0.25) is 0 Å². The second-order valence-electron chi connectivity index (χ2n) is 15.4. The van der Waals surface area contributed by atoms with Crippen LogP contribution in [0, 0.1) is 0 Å². The highest BCUT2D eigenvalue weighted by Crippen LogP contribution is 2.64. The lowest BCUT2D eigenvalue weighted by Gasteiger charge is -2.33. The third-order valence-electron chi connectivity index (χ3n) is 12.7. The van der Waals surface area contributed by atoms with E-state index in [1.54, 1.807) is 0 Å². The minimum atomic E-state index is -0.264. The maximum absolute atomic E-state index is 6.49. The number of aromatic nitrogens is 1. The predicted molar refractivity (Wildman–Crippen MR) is 225 cm³/mol. The summed E-state index contributed by atoms with van der Waals surface area (Å²) >= 11 is 0. The standard InChI is InChI=1S/C51H32N2O/c1-51-29-11-20-40-35-14-6-8-21-42(35)53(50(40)51)47-38-17-5-4-16-37(38)44-41-28-25-30-12-2-3-13-33(30)46(41)52(48(44)45(47)51)32-26-23-31(24-27-32)34-18-10-19-39-36-15-7-9-22-43(36)54-49(34)39/h2-29,50H,1H3. The van der Waals surface area contributed by atoms with Crippen molar-refractivity contribution in [2.24, 2.45) is 0 Å². The molecule has 4 heterocycles. The molecule has 2 aliphatic heterocycles. The van der Waals surface area contributed by atoms with Gasteiger partial charge >= 0.3 is 0 Å². The second kappa shape index (κ2) is 9.97. The Morgan fingerprint density at radius 1 is 0.574 bits per heavy atom. The van der Waals surface area contributed by atoms with Crippen LogP contribution in [0.2, 0.25) is 0 Å². The first-order chi connectivity index (χ1) is 26.7. The SMILES string of the molecule is CC12C=CC=C3c4ccccc4N(c4c1c1c(c5ccccc45)c4ccc5ccccc5c4n1-c1ccc(-c4cccc5c4oc4ccccc45)cc1)C32. The quantitative estimate of drug-likeness (QED) is 0.180. The van der Waals surface area contributed by atoms with Crippen LogP contribution in [-0.2, 0) is 5.41 Å². The molecule has 0 bridgehead atoms. The Morgan fingerprint density at radius 2 is 1.30 bits per heavy atom. The average Bonchev–Trinajstić information content (AvgIpc) is 3.95. The summed E-state index contributed by atoms with van der Waals surface area (Å²) in [6.07, 6.45) is 7.12. The predicted octanol–water partition coefficient (Wildman–Crippen LogP) is 13.4. The molecule has 0 fully saturated rings. The van der Waals surface area contributed by atoms with Gasteiger partial charge in [0.1, 0.15) is 11.2 Å². The second-order valence-corrected chi connectivity index (χ2v) is 15.4. The highest BCUT2D eigenvalue weighted by molar-refractivity contribution is 6.30. The van der Waals surface area contributed by atoms with Gasteiger partial charge in [-0.25, -0.2) is 0 Å². The van der Waals surface area contributed by atoms with Crippen molar-refractivity contribution in [2.75, 3.05) is 4.90 Å². The molecular formula is C51H32N2O. The fourth-order valence-electron chi connectivity index (χ4n) is 10.5. The molecule has 0 spiro atoms. The van der Waals surface area contributed by atoms with Gasteiger partial charge in [0, 0.05) is 65.8 Å². The zero-order valence-corrected chi connectivity index (χ0v) is 29.5. The van der Waals surface area contributed by atoms with E-state index in [0.29, 0.717) is 0 Å². The first-order valence-corrected chi connectivity index (χ1v) is 18.9. The number of allylic oxidation sites excluding steroid dienone is 2. The lowest BCUT2D eigenvalue weighted by Crippen LogP contribution is -2.38. The van der Waals surface area contributed by atoms with Gasteiger partial charge in [-0.2, -0.15) is 0 Å². The topological polar surface area (TPSA) is 21.3 Å². The molecule has 1 aliphatic carbocycles. The number of benzene rings is 8. The fourth-order valence-corrected chi connectivity index (χ4v) is 10.5. The van der Waals surface area contributed by atoms with Crippen LogP contribution in [0.3, 0.4) is 0 Å². The Balaban J connectivity index is 1.16. The lowest BCUT2D eigenvalue weighted by molar-refractivity contribution is 0.573. The van der Waals surface area contributed by atoms with E-state index in [0.717, 1.165) is 38.8 Å². The third-order valence-corrected chi connectivity index (χ3v) is 12.7. The molecule has 2 atom stereocenters. The van der Waals surface area contributed by atoms with E-state index in [4.69, 9.17) is 4.42 Å². The number of rotatable bonds is 2. The van der Waals surface area contributed by atoms with Crippen LogP contribution < -0.4 is 4.90 Å². The molecule has 0 saturated heterocycles. The minimum Gasteiger partial charge on any atom is -0.455 e. The summed E-state index contributed by atoms with van der Waals surface area (Å²) in [7, 11) is 0. The zero-order chi connectivity index (χ0) is 35.3. The Morgan fingerprint density at radius 3 is 2.19 bits per heavy atom. The monoisotopic (exact) mass is 688 g/mol. The summed E-state index contributed by atoms with van der Waals surface area (Å²) in [5, 5.41) is 10.00. The van der Waals surface area contributed by atoms with Crippen LogP contribution in [0.4, 0.5) is 11.4 Å². The van der Waals surface area contributed by atoms with Gasteiger partial charge in [0.15, 0.2) is 0 Å². The van der Waals surface area contributed by atoms with Gasteiger partial charge < -0.3 is 13.9 Å². The van der Waals surface area contributed by atoms with E-state index in [2.05, 4.69) is 180 Å². The van der Waals surface area contributed by atoms with E-state index < -0.39 is 0 Å². The van der Waals surface area contributed by atoms with Gasteiger partial charge in [-0.05, 0) is 53.1 Å². The van der Waals surface area contributed by atoms with Crippen LogP contribution in [0.25, 0.3) is 87.7 Å². The Kier molecular flexibility index (Phi) is 5.30. The van der Waals surface area contributed by atoms with E-state index >= 15 is 0 Å². The van der Waals surface area contributed by atoms with Crippen LogP contribution in [-0.4, -0.2) is 10.6 Å². The summed E-state index contributed by atoms with van der Waals surface area (Å²) in [6.45, 7) is 2.47. The van der Waals surface area contributed by atoms with Gasteiger partial charge in [-0.1, -0.05) is 146 Å². The van der Waals surface area contributed by atoms with Crippen molar-refractivity contribution in [3.63, 3.8) is 0 Å². The van der Waals surface area contributed by atoms with Crippen molar-refractivity contribution in [2.45, 2.75) is 18.4 Å². The lowest BCUT2D eigenvalue weighted by atomic mass is 9.71. The van der Waals surface area contributed by atoms with Crippen molar-refractivity contribution in [3.05, 3.63) is 181 Å². The molecule has 0 saturated carbocycles. The molecule has 3 heteroatoms. The van der Waals surface area contributed by atoms with Crippen molar-refractivity contribution in [3.8, 4) is 16.8 Å². The summed E-state index contributed by atoms with van der Waals surface area (Å²) in [5.74, 6) is 0. The largest absolute Gasteiger partial charge is 0.455 e. The Hall–Kier alpha value is -6.84. The third kappa shape index (κ3) is 3.39. The van der Waals surface area contributed by atoms with Crippen molar-refractivity contribution < 1.29 is 4.42 Å². The molecule has 3 nitrogen and oxygen atoms in total. The smallest absolute Gasteiger partial charge is 0.143 e. The summed E-state index contributed by atoms with van der Waals surface area (Å²) in [6, 6.07) is 55.8. The van der Waals surface area contributed by atoms with Crippen LogP contribution in [0.5, 0.6) is 0 Å². The Bertz CT molecular complexity index is 3360. The molecule has 10 aromatic rings. The van der Waals surface area contributed by atoms with Crippen LogP contribution in [0.1, 0.15) is 18.1 Å². The number of anilines is 2. The van der Waals surface area contributed by atoms with Crippen molar-refractivity contribution in [1.29, 1.82) is 0 Å². The maximum atomic E-state index is 6.49. The average molecular weight is 689 g/mol. The van der Waals surface area contributed by atoms with Gasteiger partial charge in [-0.15, -0.1) is 0 Å². The van der Waals surface area contributed by atoms with E-state index in [-0.39, 0.29) is 11.5 Å². The molecule has 0 amide bonds. The molecule has 0 radical (unpaired) electrons. The molecule has 13 rings (SSSR count). The Labute approximate surface area is 311 Å². The summed E-state index contributed by atoms with van der Waals surface area (Å²) < 4.78 is 9.08. The first kappa shape index (κ1) is 28.7. The van der Waals surface area contributed by atoms with Crippen LogP contribution >= 0.6 is 0 Å². The highest BCUT2D eigenvalue weighted by Gasteiger charge is 2.55. The number of para-hydroxylation sites is 3. The van der Waals surface area contributed by atoms with E-state index in [9.17, 15) is 0 Å². The number of fused-ring (bicyclic) bond motifs is 18. The molecule has 252 valence electrons. The molecular weight excluding hydrogens is 657 g/mol. The maximum Gasteiger partial charge on any atom is 0.143 e. The molecule has 54 heavy (non-hydrogen) atoms. The van der Waals surface area contributed by atoms with Crippen LogP contribution in [0.15, 0.2) is 174 Å². The molecule has 8 aromatic carbocycles. The normalized spacial score (nSPS) is 18.4. The first-order valence-electron chi connectivity index (χ1n) is 18.9. The molecule has 2 unspecified atom stereocenters. The van der Waals surface area contributed by atoms with Crippen molar-refractivity contribution >= 4 is 82.2 Å². The number of furan rings is 1. The van der Waals surface area contributed by atoms with E-state index in [1.165, 1.54) is 71.4 Å². The molecule has 3 aliphatic rings. The van der Waals surface area contributed by atoms with Gasteiger partial charge in [0.05, 0.1) is 22.8 Å². The zero-order valence-electron chi connectivity index (χ0n) is 29.5. The van der Waals surface area contributed by atoms with Crippen molar-refractivity contribution in [1.82, 2.24) is 4.57 Å². The fraction of sp³-hybridized carbons (Fsp3) is 0.0588. The minimum absolute atomic E-state index is 0.179.